The van der Waals surface area contributed by atoms with Gasteiger partial charge < -0.3 is 19.3 Å². The molecule has 8 nitrogen and oxygen atoms in total. The lowest BCUT2D eigenvalue weighted by Gasteiger charge is -2.36. The summed E-state index contributed by atoms with van der Waals surface area (Å²) in [6, 6.07) is 9.73. The second-order valence-electron chi connectivity index (χ2n) is 6.47. The highest BCUT2D eigenvalue weighted by atomic mass is 35.5. The summed E-state index contributed by atoms with van der Waals surface area (Å²) in [6.07, 6.45) is 0. The first-order valence-electron chi connectivity index (χ1n) is 9.23. The third-order valence-corrected chi connectivity index (χ3v) is 4.99. The van der Waals surface area contributed by atoms with Crippen LogP contribution in [-0.4, -0.2) is 55.6 Å². The van der Waals surface area contributed by atoms with Crippen molar-refractivity contribution < 1.29 is 19.2 Å². The molecule has 1 aliphatic heterocycles. The van der Waals surface area contributed by atoms with Gasteiger partial charge in [0.05, 0.1) is 18.6 Å². The van der Waals surface area contributed by atoms with Gasteiger partial charge in [-0.25, -0.2) is 0 Å². The molecule has 1 saturated heterocycles. The number of carbonyl (C=O) groups excluding carboxylic acids is 1. The van der Waals surface area contributed by atoms with Crippen LogP contribution >= 0.6 is 11.6 Å². The van der Waals surface area contributed by atoms with E-state index in [1.807, 2.05) is 11.8 Å². The number of ether oxygens (including phenoxy) is 2. The maximum absolute atomic E-state index is 12.9. The van der Waals surface area contributed by atoms with Crippen LogP contribution in [0.3, 0.4) is 0 Å². The van der Waals surface area contributed by atoms with Gasteiger partial charge in [-0.3, -0.25) is 14.9 Å². The Bertz CT molecular complexity index is 913. The van der Waals surface area contributed by atoms with E-state index in [0.29, 0.717) is 60.6 Å². The third kappa shape index (κ3) is 4.54. The normalized spacial score (nSPS) is 13.9. The molecule has 154 valence electrons. The van der Waals surface area contributed by atoms with Crippen LogP contribution in [0.1, 0.15) is 17.3 Å². The van der Waals surface area contributed by atoms with Crippen molar-refractivity contribution in [3.05, 3.63) is 57.1 Å². The van der Waals surface area contributed by atoms with Gasteiger partial charge in [-0.1, -0.05) is 11.6 Å². The maximum Gasteiger partial charge on any atom is 0.294 e. The first-order chi connectivity index (χ1) is 13.9. The smallest absolute Gasteiger partial charge is 0.294 e. The molecule has 9 heteroatoms. The van der Waals surface area contributed by atoms with Crippen LogP contribution in [0.2, 0.25) is 5.02 Å². The molecular formula is C20H22ClN3O5. The first kappa shape index (κ1) is 20.7. The SMILES string of the molecule is CCOc1cc(C(=O)N2CCN(c3ccc(Cl)cc3[N+](=O)[O-])CC2)ccc1OC. The molecule has 0 saturated carbocycles. The molecule has 3 rings (SSSR count). The first-order valence-corrected chi connectivity index (χ1v) is 9.61. The van der Waals surface area contributed by atoms with Gasteiger partial charge in [0, 0.05) is 42.8 Å². The van der Waals surface area contributed by atoms with Crippen molar-refractivity contribution in [1.82, 2.24) is 4.90 Å². The number of anilines is 1. The van der Waals surface area contributed by atoms with Crippen LogP contribution in [0.5, 0.6) is 11.5 Å². The number of hydrogen-bond donors (Lipinski definition) is 0. The van der Waals surface area contributed by atoms with Gasteiger partial charge in [0.1, 0.15) is 5.69 Å². The highest BCUT2D eigenvalue weighted by molar-refractivity contribution is 6.30. The summed E-state index contributed by atoms with van der Waals surface area (Å²) in [7, 11) is 1.55. The van der Waals surface area contributed by atoms with Crippen molar-refractivity contribution in [3.63, 3.8) is 0 Å². The van der Waals surface area contributed by atoms with E-state index in [9.17, 15) is 14.9 Å². The monoisotopic (exact) mass is 419 g/mol. The Kier molecular flexibility index (Phi) is 6.43. The molecule has 0 aliphatic carbocycles. The van der Waals surface area contributed by atoms with Gasteiger partial charge in [-0.05, 0) is 37.3 Å². The standard InChI is InChI=1S/C20H22ClN3O5/c1-3-29-19-12-14(4-7-18(19)28-2)20(25)23-10-8-22(9-11-23)16-6-5-15(21)13-17(16)24(26)27/h4-7,12-13H,3,8-11H2,1-2H3. The van der Waals surface area contributed by atoms with E-state index < -0.39 is 4.92 Å². The van der Waals surface area contributed by atoms with Crippen molar-refractivity contribution in [2.45, 2.75) is 6.92 Å². The van der Waals surface area contributed by atoms with Crippen LogP contribution in [0.15, 0.2) is 36.4 Å². The minimum Gasteiger partial charge on any atom is -0.493 e. The molecular weight excluding hydrogens is 398 g/mol. The minimum atomic E-state index is -0.439. The quantitative estimate of drug-likeness (QED) is 0.525. The fourth-order valence-corrected chi connectivity index (χ4v) is 3.49. The number of methoxy groups -OCH3 is 1. The Morgan fingerprint density at radius 1 is 1.14 bits per heavy atom. The van der Waals surface area contributed by atoms with E-state index in [-0.39, 0.29) is 11.6 Å². The average molecular weight is 420 g/mol. The number of hydrogen-bond acceptors (Lipinski definition) is 6. The largest absolute Gasteiger partial charge is 0.493 e. The summed E-state index contributed by atoms with van der Waals surface area (Å²) in [5, 5.41) is 11.7. The number of halogens is 1. The van der Waals surface area contributed by atoms with Crippen LogP contribution in [0, 0.1) is 10.1 Å². The van der Waals surface area contributed by atoms with E-state index >= 15 is 0 Å². The van der Waals surface area contributed by atoms with E-state index in [1.54, 1.807) is 42.3 Å². The number of rotatable bonds is 6. The minimum absolute atomic E-state index is 0.0335. The molecule has 0 aromatic heterocycles. The summed E-state index contributed by atoms with van der Waals surface area (Å²) in [4.78, 5) is 27.4. The number of nitrogens with zero attached hydrogens (tertiary/aromatic N) is 3. The third-order valence-electron chi connectivity index (χ3n) is 4.75. The number of piperazine rings is 1. The van der Waals surface area contributed by atoms with Crippen molar-refractivity contribution in [3.8, 4) is 11.5 Å². The molecule has 0 bridgehead atoms. The van der Waals surface area contributed by atoms with E-state index in [0.717, 1.165) is 0 Å². The number of nitro groups is 1. The summed E-state index contributed by atoms with van der Waals surface area (Å²) in [6.45, 7) is 4.21. The van der Waals surface area contributed by atoms with Crippen LogP contribution in [0.4, 0.5) is 11.4 Å². The topological polar surface area (TPSA) is 85.2 Å². The van der Waals surface area contributed by atoms with Gasteiger partial charge in [0.2, 0.25) is 0 Å². The van der Waals surface area contributed by atoms with Crippen molar-refractivity contribution in [2.75, 3.05) is 44.8 Å². The summed E-state index contributed by atoms with van der Waals surface area (Å²) in [5.41, 5.74) is 0.989. The van der Waals surface area contributed by atoms with Crippen molar-refractivity contribution >= 4 is 28.9 Å². The van der Waals surface area contributed by atoms with E-state index in [4.69, 9.17) is 21.1 Å². The Labute approximate surface area is 173 Å². The lowest BCUT2D eigenvalue weighted by atomic mass is 10.1. The maximum atomic E-state index is 12.9. The average Bonchev–Trinajstić information content (AvgIpc) is 2.73. The fraction of sp³-hybridized carbons (Fsp3) is 0.350. The molecule has 1 aliphatic rings. The highest BCUT2D eigenvalue weighted by Gasteiger charge is 2.27. The van der Waals surface area contributed by atoms with Crippen molar-refractivity contribution in [1.29, 1.82) is 0 Å². The van der Waals surface area contributed by atoms with Gasteiger partial charge in [0.25, 0.3) is 11.6 Å². The number of amides is 1. The van der Waals surface area contributed by atoms with Gasteiger partial charge in [-0.2, -0.15) is 0 Å². The molecule has 0 radical (unpaired) electrons. The molecule has 1 fully saturated rings. The molecule has 0 N–H and O–H groups in total. The Hall–Kier alpha value is -3.00. The Morgan fingerprint density at radius 2 is 1.86 bits per heavy atom. The summed E-state index contributed by atoms with van der Waals surface area (Å²) >= 11 is 5.89. The zero-order valence-corrected chi connectivity index (χ0v) is 17.0. The second kappa shape index (κ2) is 9.00. The molecule has 0 spiro atoms. The molecule has 1 heterocycles. The molecule has 2 aromatic rings. The highest BCUT2D eigenvalue weighted by Crippen LogP contribution is 2.32. The van der Waals surface area contributed by atoms with E-state index in [1.165, 1.54) is 6.07 Å². The number of nitro benzene ring substituents is 1. The van der Waals surface area contributed by atoms with Crippen LogP contribution in [-0.2, 0) is 0 Å². The predicted octanol–water partition coefficient (Wildman–Crippen LogP) is 3.62. The summed E-state index contributed by atoms with van der Waals surface area (Å²) in [5.74, 6) is 0.985. The Morgan fingerprint density at radius 3 is 2.48 bits per heavy atom. The van der Waals surface area contributed by atoms with Gasteiger partial charge >= 0.3 is 0 Å². The fourth-order valence-electron chi connectivity index (χ4n) is 3.32. The molecule has 0 unspecified atom stereocenters. The number of carbonyl (C=O) groups is 1. The van der Waals surface area contributed by atoms with Crippen LogP contribution in [0.25, 0.3) is 0 Å². The molecule has 2 aromatic carbocycles. The van der Waals surface area contributed by atoms with E-state index in [2.05, 4.69) is 0 Å². The lowest BCUT2D eigenvalue weighted by Crippen LogP contribution is -2.49. The Balaban J connectivity index is 1.72. The summed E-state index contributed by atoms with van der Waals surface area (Å²) < 4.78 is 10.8. The van der Waals surface area contributed by atoms with Crippen LogP contribution < -0.4 is 14.4 Å². The zero-order valence-electron chi connectivity index (χ0n) is 16.3. The molecule has 1 amide bonds. The zero-order chi connectivity index (χ0) is 21.0. The van der Waals surface area contributed by atoms with Gasteiger partial charge in [0.15, 0.2) is 11.5 Å². The lowest BCUT2D eigenvalue weighted by molar-refractivity contribution is -0.384. The molecule has 29 heavy (non-hydrogen) atoms. The van der Waals surface area contributed by atoms with Gasteiger partial charge in [-0.15, -0.1) is 0 Å². The molecule has 0 atom stereocenters. The predicted molar refractivity (Wildman–Crippen MR) is 110 cm³/mol. The number of benzene rings is 2. The second-order valence-corrected chi connectivity index (χ2v) is 6.90. The van der Waals surface area contributed by atoms with Crippen molar-refractivity contribution in [2.24, 2.45) is 0 Å².